The Morgan fingerprint density at radius 3 is 2.53 bits per heavy atom. The van der Waals surface area contributed by atoms with E-state index in [0.29, 0.717) is 30.3 Å². The van der Waals surface area contributed by atoms with Gasteiger partial charge in [0.2, 0.25) is 0 Å². The van der Waals surface area contributed by atoms with Gasteiger partial charge < -0.3 is 32.4 Å². The van der Waals surface area contributed by atoms with E-state index in [9.17, 15) is 0 Å². The highest BCUT2D eigenvalue weighted by molar-refractivity contribution is 5.78. The van der Waals surface area contributed by atoms with E-state index >= 15 is 0 Å². The predicted octanol–water partition coefficient (Wildman–Crippen LogP) is 1.23. The Labute approximate surface area is 176 Å². The van der Waals surface area contributed by atoms with E-state index in [1.165, 1.54) is 17.3 Å². The topological polar surface area (TPSA) is 151 Å². The molecule has 1 saturated heterocycles. The fourth-order valence-electron chi connectivity index (χ4n) is 3.33. The molecule has 0 amide bonds. The number of ether oxygens (including phenoxy) is 1. The molecule has 2 aromatic rings. The van der Waals surface area contributed by atoms with Gasteiger partial charge in [-0.1, -0.05) is 24.3 Å². The second kappa shape index (κ2) is 10.6. The SMILES string of the molecule is N=C/C(=C\NCc1ccc(CN2CCOCC2)cc1)Cc1cc(N)nc(NN)c1N. The number of nitrogens with zero attached hydrogens (tertiary/aromatic N) is 2. The van der Waals surface area contributed by atoms with Gasteiger partial charge in [0.05, 0.1) is 18.9 Å². The number of hydrogen-bond donors (Lipinski definition) is 6. The summed E-state index contributed by atoms with van der Waals surface area (Å²) in [4.78, 5) is 6.45. The van der Waals surface area contributed by atoms with Crippen molar-refractivity contribution in [3.63, 3.8) is 0 Å². The summed E-state index contributed by atoms with van der Waals surface area (Å²) in [6.45, 7) is 5.20. The molecule has 30 heavy (non-hydrogen) atoms. The first-order valence-electron chi connectivity index (χ1n) is 9.91. The number of rotatable bonds is 9. The molecule has 160 valence electrons. The molecule has 3 rings (SSSR count). The fourth-order valence-corrected chi connectivity index (χ4v) is 3.33. The van der Waals surface area contributed by atoms with Gasteiger partial charge in [-0.15, -0.1) is 0 Å². The van der Waals surface area contributed by atoms with Crippen molar-refractivity contribution >= 4 is 23.5 Å². The molecule has 0 saturated carbocycles. The summed E-state index contributed by atoms with van der Waals surface area (Å²) >= 11 is 0. The van der Waals surface area contributed by atoms with E-state index < -0.39 is 0 Å². The van der Waals surface area contributed by atoms with Crippen LogP contribution in [0.4, 0.5) is 17.3 Å². The Morgan fingerprint density at radius 2 is 1.87 bits per heavy atom. The van der Waals surface area contributed by atoms with Crippen molar-refractivity contribution in [2.75, 3.05) is 43.2 Å². The molecule has 0 bridgehead atoms. The smallest absolute Gasteiger partial charge is 0.165 e. The first-order chi connectivity index (χ1) is 14.6. The number of hydrazine groups is 1. The third-order valence-electron chi connectivity index (χ3n) is 5.01. The van der Waals surface area contributed by atoms with Crippen LogP contribution in [-0.2, 0) is 24.2 Å². The van der Waals surface area contributed by atoms with Crippen LogP contribution in [-0.4, -0.2) is 42.4 Å². The molecule has 0 aliphatic carbocycles. The van der Waals surface area contributed by atoms with Crippen LogP contribution in [0.1, 0.15) is 16.7 Å². The van der Waals surface area contributed by atoms with Crippen molar-refractivity contribution in [3.05, 3.63) is 58.8 Å². The number of hydrogen-bond acceptors (Lipinski definition) is 9. The molecule has 1 aliphatic heterocycles. The third kappa shape index (κ3) is 5.93. The number of nitrogens with one attached hydrogen (secondary N) is 3. The number of aromatic nitrogens is 1. The van der Waals surface area contributed by atoms with Crippen molar-refractivity contribution in [2.45, 2.75) is 19.5 Å². The average Bonchev–Trinajstić information content (AvgIpc) is 2.77. The minimum absolute atomic E-state index is 0.321. The second-order valence-corrected chi connectivity index (χ2v) is 7.24. The number of anilines is 3. The first kappa shape index (κ1) is 21.6. The molecule has 9 nitrogen and oxygen atoms in total. The van der Waals surface area contributed by atoms with E-state index in [4.69, 9.17) is 27.5 Å². The summed E-state index contributed by atoms with van der Waals surface area (Å²) in [5.41, 5.74) is 18.7. The number of allylic oxidation sites excluding steroid dienone is 1. The van der Waals surface area contributed by atoms with Crippen molar-refractivity contribution in [2.24, 2.45) is 5.84 Å². The molecule has 2 heterocycles. The van der Waals surface area contributed by atoms with E-state index in [1.54, 1.807) is 6.07 Å². The molecule has 9 heteroatoms. The highest BCUT2D eigenvalue weighted by Crippen LogP contribution is 2.24. The standard InChI is InChI=1S/C21H30N8O/c22-11-17(9-18-10-19(23)27-21(28-25)20(18)24)13-26-12-15-1-3-16(4-2-15)14-29-5-7-30-8-6-29/h1-4,10-11,13,22,26H,5-9,12,14,24-25H2,(H3,23,27,28)/b17-13-,22-11?. The van der Waals surface area contributed by atoms with Crippen molar-refractivity contribution in [3.8, 4) is 0 Å². The van der Waals surface area contributed by atoms with Gasteiger partial charge in [0, 0.05) is 45.0 Å². The molecule has 0 radical (unpaired) electrons. The van der Waals surface area contributed by atoms with Gasteiger partial charge in [-0.05, 0) is 28.3 Å². The van der Waals surface area contributed by atoms with Crippen molar-refractivity contribution < 1.29 is 4.74 Å². The molecular formula is C21H30N8O. The summed E-state index contributed by atoms with van der Waals surface area (Å²) < 4.78 is 5.39. The Hall–Kier alpha value is -3.14. The molecule has 9 N–H and O–H groups in total. The van der Waals surface area contributed by atoms with Crippen molar-refractivity contribution in [1.82, 2.24) is 15.2 Å². The number of benzene rings is 1. The minimum atomic E-state index is 0.321. The van der Waals surface area contributed by atoms with Crippen LogP contribution >= 0.6 is 0 Å². The maximum absolute atomic E-state index is 7.69. The monoisotopic (exact) mass is 410 g/mol. The molecule has 0 unspecified atom stereocenters. The Bertz CT molecular complexity index is 875. The van der Waals surface area contributed by atoms with Gasteiger partial charge in [0.1, 0.15) is 5.82 Å². The first-order valence-corrected chi connectivity index (χ1v) is 9.91. The van der Waals surface area contributed by atoms with Crippen LogP contribution < -0.4 is 28.1 Å². The van der Waals surface area contributed by atoms with Crippen molar-refractivity contribution in [1.29, 1.82) is 5.41 Å². The normalized spacial score (nSPS) is 15.0. The van der Waals surface area contributed by atoms with Gasteiger partial charge in [0.25, 0.3) is 0 Å². The van der Waals surface area contributed by atoms with E-state index in [2.05, 4.69) is 44.9 Å². The van der Waals surface area contributed by atoms with Gasteiger partial charge in [-0.25, -0.2) is 10.8 Å². The van der Waals surface area contributed by atoms with Gasteiger partial charge in [-0.3, -0.25) is 4.90 Å². The maximum atomic E-state index is 7.69. The highest BCUT2D eigenvalue weighted by atomic mass is 16.5. The van der Waals surface area contributed by atoms with Crippen LogP contribution in [0.25, 0.3) is 0 Å². The molecule has 1 aromatic carbocycles. The lowest BCUT2D eigenvalue weighted by Crippen LogP contribution is -2.35. The summed E-state index contributed by atoms with van der Waals surface area (Å²) in [5, 5.41) is 11.0. The molecule has 1 aliphatic rings. The third-order valence-corrected chi connectivity index (χ3v) is 5.01. The van der Waals surface area contributed by atoms with E-state index in [-0.39, 0.29) is 0 Å². The number of pyridine rings is 1. The fraction of sp³-hybridized carbons (Fsp3) is 0.333. The van der Waals surface area contributed by atoms with Gasteiger partial charge in [0.15, 0.2) is 5.82 Å². The Kier molecular flexibility index (Phi) is 7.61. The van der Waals surface area contributed by atoms with Crippen LogP contribution in [0.5, 0.6) is 0 Å². The van der Waals surface area contributed by atoms with E-state index in [1.807, 2.05) is 6.20 Å². The zero-order chi connectivity index (χ0) is 21.3. The van der Waals surface area contributed by atoms with Crippen LogP contribution in [0.15, 0.2) is 42.1 Å². The van der Waals surface area contributed by atoms with Crippen LogP contribution in [0.3, 0.4) is 0 Å². The highest BCUT2D eigenvalue weighted by Gasteiger charge is 2.11. The number of nitrogens with two attached hydrogens (primary N) is 3. The van der Waals surface area contributed by atoms with Gasteiger partial charge >= 0.3 is 0 Å². The largest absolute Gasteiger partial charge is 0.395 e. The zero-order valence-corrected chi connectivity index (χ0v) is 17.0. The summed E-state index contributed by atoms with van der Waals surface area (Å²) in [6.07, 6.45) is 3.56. The minimum Gasteiger partial charge on any atom is -0.395 e. The van der Waals surface area contributed by atoms with Crippen LogP contribution in [0.2, 0.25) is 0 Å². The number of morpholine rings is 1. The summed E-state index contributed by atoms with van der Waals surface area (Å²) in [5.74, 6) is 6.08. The zero-order valence-electron chi connectivity index (χ0n) is 17.0. The quantitative estimate of drug-likeness (QED) is 0.205. The Morgan fingerprint density at radius 1 is 1.17 bits per heavy atom. The molecule has 1 aromatic heterocycles. The maximum Gasteiger partial charge on any atom is 0.165 e. The number of nitrogen functional groups attached to an aromatic ring is 3. The lowest BCUT2D eigenvalue weighted by Gasteiger charge is -2.26. The lowest BCUT2D eigenvalue weighted by atomic mass is 10.1. The van der Waals surface area contributed by atoms with Crippen LogP contribution in [0, 0.1) is 5.41 Å². The van der Waals surface area contributed by atoms with Gasteiger partial charge in [-0.2, -0.15) is 0 Å². The predicted molar refractivity (Wildman–Crippen MR) is 121 cm³/mol. The molecule has 1 fully saturated rings. The second-order valence-electron chi connectivity index (χ2n) is 7.24. The molecule has 0 spiro atoms. The lowest BCUT2D eigenvalue weighted by molar-refractivity contribution is 0.0342. The van der Waals surface area contributed by atoms with E-state index in [0.717, 1.165) is 44.0 Å². The molecule has 0 atom stereocenters. The molecular weight excluding hydrogens is 380 g/mol. The summed E-state index contributed by atoms with van der Waals surface area (Å²) in [7, 11) is 0. The Balaban J connectivity index is 1.55. The average molecular weight is 411 g/mol. The summed E-state index contributed by atoms with van der Waals surface area (Å²) in [6, 6.07) is 10.3.